The number of halogens is 3. The molecular formula is C16H18BrF2NS. The smallest absolute Gasteiger partial charge is 0.128 e. The van der Waals surface area contributed by atoms with Gasteiger partial charge in [0.25, 0.3) is 0 Å². The average molecular weight is 374 g/mol. The molecule has 0 amide bonds. The maximum absolute atomic E-state index is 14.3. The Kier molecular flexibility index (Phi) is 5.52. The molecule has 21 heavy (non-hydrogen) atoms. The van der Waals surface area contributed by atoms with E-state index in [1.165, 1.54) is 12.1 Å². The van der Waals surface area contributed by atoms with E-state index in [9.17, 15) is 8.78 Å². The fraction of sp³-hybridized carbons (Fsp3) is 0.375. The predicted molar refractivity (Wildman–Crippen MR) is 88.0 cm³/mol. The molecule has 0 saturated carbocycles. The van der Waals surface area contributed by atoms with Gasteiger partial charge in [0.05, 0.1) is 9.83 Å². The molecule has 114 valence electrons. The van der Waals surface area contributed by atoms with Gasteiger partial charge in [-0.1, -0.05) is 6.92 Å². The third-order valence-corrected chi connectivity index (χ3v) is 5.55. The van der Waals surface area contributed by atoms with E-state index in [1.54, 1.807) is 18.3 Å². The molecule has 1 aromatic carbocycles. The lowest BCUT2D eigenvalue weighted by atomic mass is 10.0. The lowest BCUT2D eigenvalue weighted by molar-refractivity contribution is 0.536. The average Bonchev–Trinajstić information content (AvgIpc) is 2.75. The van der Waals surface area contributed by atoms with Crippen molar-refractivity contribution in [3.05, 3.63) is 55.2 Å². The first-order valence-electron chi connectivity index (χ1n) is 6.88. The quantitative estimate of drug-likeness (QED) is 0.729. The molecule has 2 aromatic rings. The van der Waals surface area contributed by atoms with Crippen LogP contribution in [0, 0.1) is 25.5 Å². The largest absolute Gasteiger partial charge is 0.306 e. The van der Waals surface area contributed by atoms with Crippen LogP contribution in [-0.4, -0.2) is 6.54 Å². The SMILES string of the molecule is CCCNC(c1cc(C)c(Br)s1)c1cc(F)c(C)cc1F. The molecule has 5 heteroatoms. The van der Waals surface area contributed by atoms with Crippen LogP contribution in [0.15, 0.2) is 22.0 Å². The van der Waals surface area contributed by atoms with Crippen molar-refractivity contribution in [2.45, 2.75) is 33.2 Å². The van der Waals surface area contributed by atoms with Gasteiger partial charge in [0.1, 0.15) is 11.6 Å². The molecule has 0 spiro atoms. The van der Waals surface area contributed by atoms with Gasteiger partial charge in [0, 0.05) is 10.4 Å². The highest BCUT2D eigenvalue weighted by Crippen LogP contribution is 2.35. The summed E-state index contributed by atoms with van der Waals surface area (Å²) in [7, 11) is 0. The van der Waals surface area contributed by atoms with Gasteiger partial charge >= 0.3 is 0 Å². The van der Waals surface area contributed by atoms with Gasteiger partial charge in [0.15, 0.2) is 0 Å². The van der Waals surface area contributed by atoms with Gasteiger partial charge < -0.3 is 5.32 Å². The highest BCUT2D eigenvalue weighted by atomic mass is 79.9. The Morgan fingerprint density at radius 2 is 1.86 bits per heavy atom. The van der Waals surface area contributed by atoms with Crippen LogP contribution in [0.3, 0.4) is 0 Å². The summed E-state index contributed by atoms with van der Waals surface area (Å²) in [5.74, 6) is -0.744. The highest BCUT2D eigenvalue weighted by molar-refractivity contribution is 9.11. The number of benzene rings is 1. The summed E-state index contributed by atoms with van der Waals surface area (Å²) < 4.78 is 29.2. The van der Waals surface area contributed by atoms with Crippen molar-refractivity contribution >= 4 is 27.3 Å². The van der Waals surface area contributed by atoms with Gasteiger partial charge in [-0.05, 0) is 72.1 Å². The fourth-order valence-corrected chi connectivity index (χ4v) is 3.83. The van der Waals surface area contributed by atoms with Crippen LogP contribution < -0.4 is 5.32 Å². The summed E-state index contributed by atoms with van der Waals surface area (Å²) in [6, 6.07) is 4.26. The molecule has 0 aliphatic rings. The van der Waals surface area contributed by atoms with Crippen molar-refractivity contribution in [2.75, 3.05) is 6.54 Å². The van der Waals surface area contributed by atoms with E-state index in [0.717, 1.165) is 27.2 Å². The molecular weight excluding hydrogens is 356 g/mol. The molecule has 1 N–H and O–H groups in total. The lowest BCUT2D eigenvalue weighted by Gasteiger charge is -2.19. The molecule has 0 aliphatic heterocycles. The van der Waals surface area contributed by atoms with E-state index >= 15 is 0 Å². The van der Waals surface area contributed by atoms with Crippen LogP contribution in [0.2, 0.25) is 0 Å². The van der Waals surface area contributed by atoms with Crippen LogP contribution in [0.25, 0.3) is 0 Å². The first-order valence-corrected chi connectivity index (χ1v) is 8.49. The summed E-state index contributed by atoms with van der Waals surface area (Å²) in [4.78, 5) is 0.981. The van der Waals surface area contributed by atoms with E-state index in [4.69, 9.17) is 0 Å². The zero-order chi connectivity index (χ0) is 15.6. The maximum atomic E-state index is 14.3. The number of hydrogen-bond acceptors (Lipinski definition) is 2. The normalized spacial score (nSPS) is 12.7. The van der Waals surface area contributed by atoms with Crippen LogP contribution >= 0.6 is 27.3 Å². The van der Waals surface area contributed by atoms with E-state index in [1.807, 2.05) is 19.9 Å². The Hall–Kier alpha value is -0.780. The van der Waals surface area contributed by atoms with Gasteiger partial charge in [0.2, 0.25) is 0 Å². The van der Waals surface area contributed by atoms with Crippen LogP contribution in [0.5, 0.6) is 0 Å². The second kappa shape index (κ2) is 6.99. The molecule has 0 aliphatic carbocycles. The third kappa shape index (κ3) is 3.71. The Morgan fingerprint density at radius 1 is 1.14 bits per heavy atom. The van der Waals surface area contributed by atoms with E-state index in [-0.39, 0.29) is 17.7 Å². The van der Waals surface area contributed by atoms with Gasteiger partial charge in [-0.3, -0.25) is 0 Å². The van der Waals surface area contributed by atoms with Crippen molar-refractivity contribution in [1.29, 1.82) is 0 Å². The second-order valence-electron chi connectivity index (χ2n) is 5.12. The lowest BCUT2D eigenvalue weighted by Crippen LogP contribution is -2.23. The van der Waals surface area contributed by atoms with Crippen LogP contribution in [0.4, 0.5) is 8.78 Å². The Labute approximate surface area is 136 Å². The maximum Gasteiger partial charge on any atom is 0.128 e. The summed E-state index contributed by atoms with van der Waals surface area (Å²) in [5, 5.41) is 3.31. The number of rotatable bonds is 5. The van der Waals surface area contributed by atoms with Crippen LogP contribution in [0.1, 0.15) is 41.0 Å². The number of nitrogens with one attached hydrogen (secondary N) is 1. The molecule has 1 atom stereocenters. The fourth-order valence-electron chi connectivity index (χ4n) is 2.16. The number of hydrogen-bond donors (Lipinski definition) is 1. The standard InChI is InChI=1S/C16H18BrF2NS/c1-4-5-20-15(14-7-10(3)16(17)21-14)11-8-12(18)9(2)6-13(11)19/h6-8,15,20H,4-5H2,1-3H3. The zero-order valence-corrected chi connectivity index (χ0v) is 14.7. The predicted octanol–water partition coefficient (Wildman–Crippen LogP) is 5.49. The minimum absolute atomic E-state index is 0.324. The Balaban J connectivity index is 2.47. The third-order valence-electron chi connectivity index (χ3n) is 3.35. The highest BCUT2D eigenvalue weighted by Gasteiger charge is 2.21. The number of aryl methyl sites for hydroxylation is 2. The van der Waals surface area contributed by atoms with Crippen molar-refractivity contribution in [3.8, 4) is 0 Å². The zero-order valence-electron chi connectivity index (χ0n) is 12.3. The first kappa shape index (κ1) is 16.6. The van der Waals surface area contributed by atoms with Crippen molar-refractivity contribution < 1.29 is 8.78 Å². The minimum atomic E-state index is -0.373. The number of thiophene rings is 1. The molecule has 1 heterocycles. The molecule has 1 nitrogen and oxygen atoms in total. The van der Waals surface area contributed by atoms with Gasteiger partial charge in [-0.15, -0.1) is 11.3 Å². The monoisotopic (exact) mass is 373 g/mol. The van der Waals surface area contributed by atoms with E-state index in [2.05, 4.69) is 21.2 Å². The second-order valence-corrected chi connectivity index (χ2v) is 7.52. The molecule has 1 unspecified atom stereocenters. The van der Waals surface area contributed by atoms with Crippen LogP contribution in [-0.2, 0) is 0 Å². The Morgan fingerprint density at radius 3 is 2.43 bits per heavy atom. The van der Waals surface area contributed by atoms with Crippen molar-refractivity contribution in [3.63, 3.8) is 0 Å². The first-order chi connectivity index (χ1) is 9.93. The van der Waals surface area contributed by atoms with E-state index < -0.39 is 0 Å². The molecule has 1 aromatic heterocycles. The summed E-state index contributed by atoms with van der Waals surface area (Å²) in [5.41, 5.74) is 1.79. The molecule has 0 fully saturated rings. The summed E-state index contributed by atoms with van der Waals surface area (Å²) in [6.45, 7) is 6.36. The Bertz CT molecular complexity index is 620. The van der Waals surface area contributed by atoms with Crippen molar-refractivity contribution in [1.82, 2.24) is 5.32 Å². The topological polar surface area (TPSA) is 12.0 Å². The summed E-state index contributed by atoms with van der Waals surface area (Å²) >= 11 is 5.04. The summed E-state index contributed by atoms with van der Waals surface area (Å²) in [6.07, 6.45) is 0.929. The van der Waals surface area contributed by atoms with Gasteiger partial charge in [-0.25, -0.2) is 8.78 Å². The van der Waals surface area contributed by atoms with Crippen molar-refractivity contribution in [2.24, 2.45) is 0 Å². The van der Waals surface area contributed by atoms with E-state index in [0.29, 0.717) is 11.1 Å². The molecule has 0 radical (unpaired) electrons. The van der Waals surface area contributed by atoms with Gasteiger partial charge in [-0.2, -0.15) is 0 Å². The molecule has 2 rings (SSSR count). The molecule has 0 bridgehead atoms. The molecule has 0 saturated heterocycles. The minimum Gasteiger partial charge on any atom is -0.306 e.